The molecule has 0 saturated carbocycles. The van der Waals surface area contributed by atoms with E-state index in [1.807, 2.05) is 37.3 Å². The summed E-state index contributed by atoms with van der Waals surface area (Å²) in [5.74, 6) is 0.396. The van der Waals surface area contributed by atoms with Crippen LogP contribution in [0.3, 0.4) is 0 Å². The fourth-order valence-electron chi connectivity index (χ4n) is 4.61. The molecule has 7 nitrogen and oxygen atoms in total. The Bertz CT molecular complexity index is 1330. The average molecular weight is 516 g/mol. The molecule has 3 aromatic rings. The van der Waals surface area contributed by atoms with Crippen LogP contribution in [0, 0.1) is 6.92 Å². The lowest BCUT2D eigenvalue weighted by Crippen LogP contribution is -2.35. The lowest BCUT2D eigenvalue weighted by molar-refractivity contribution is -0.132. The molecule has 2 aromatic carbocycles. The second-order valence-electron chi connectivity index (χ2n) is 9.88. The molecular formula is C31H37N3O4. The van der Waals surface area contributed by atoms with Gasteiger partial charge in [0.2, 0.25) is 5.88 Å². The number of para-hydroxylation sites is 1. The number of carboxylic acids is 1. The van der Waals surface area contributed by atoms with E-state index in [1.54, 1.807) is 13.0 Å². The molecular weight excluding hydrogens is 478 g/mol. The first kappa shape index (κ1) is 27.2. The molecule has 7 heteroatoms. The predicted molar refractivity (Wildman–Crippen MR) is 150 cm³/mol. The Labute approximate surface area is 225 Å². The van der Waals surface area contributed by atoms with E-state index < -0.39 is 5.97 Å². The second-order valence-corrected chi connectivity index (χ2v) is 9.88. The van der Waals surface area contributed by atoms with Gasteiger partial charge in [-0.1, -0.05) is 36.4 Å². The van der Waals surface area contributed by atoms with E-state index in [2.05, 4.69) is 42.3 Å². The van der Waals surface area contributed by atoms with Gasteiger partial charge in [-0.25, -0.2) is 9.78 Å². The van der Waals surface area contributed by atoms with Crippen LogP contribution in [-0.4, -0.2) is 40.2 Å². The summed E-state index contributed by atoms with van der Waals surface area (Å²) in [6.07, 6.45) is 1.06. The minimum atomic E-state index is -1.05. The molecule has 0 atom stereocenters. The highest BCUT2D eigenvalue weighted by atomic mass is 16.5. The Hall–Kier alpha value is -3.84. The van der Waals surface area contributed by atoms with Crippen LogP contribution in [0.25, 0.3) is 11.3 Å². The van der Waals surface area contributed by atoms with Crippen molar-refractivity contribution < 1.29 is 19.4 Å². The fraction of sp³-hybridized carbons (Fsp3) is 0.355. The van der Waals surface area contributed by atoms with Crippen molar-refractivity contribution in [3.05, 3.63) is 88.3 Å². The van der Waals surface area contributed by atoms with E-state index in [9.17, 15) is 9.90 Å². The highest BCUT2D eigenvalue weighted by Crippen LogP contribution is 2.33. The monoisotopic (exact) mass is 515 g/mol. The number of rotatable bonds is 10. The molecule has 4 rings (SSSR count). The summed E-state index contributed by atoms with van der Waals surface area (Å²) in [5, 5.41) is 12.4. The Morgan fingerprint density at radius 2 is 1.92 bits per heavy atom. The third-order valence-corrected chi connectivity index (χ3v) is 6.85. The number of aryl methyl sites for hydroxylation is 1. The van der Waals surface area contributed by atoms with E-state index in [1.165, 1.54) is 18.1 Å². The SMILES string of the molecule is CCO/C(Nc1cccc(-c2cccc(C)c2OCc2ccc3c(c2)CCN(C(C)C)C3)n1)=C(/C)C(=O)O. The van der Waals surface area contributed by atoms with Crippen molar-refractivity contribution in [2.24, 2.45) is 0 Å². The van der Waals surface area contributed by atoms with Gasteiger partial charge in [0.1, 0.15) is 18.2 Å². The minimum absolute atomic E-state index is 0.0839. The van der Waals surface area contributed by atoms with Gasteiger partial charge in [0.15, 0.2) is 0 Å². The van der Waals surface area contributed by atoms with Gasteiger partial charge in [-0.3, -0.25) is 4.90 Å². The van der Waals surface area contributed by atoms with Crippen LogP contribution in [0.1, 0.15) is 49.9 Å². The number of aromatic nitrogens is 1. The molecule has 1 aliphatic heterocycles. The van der Waals surface area contributed by atoms with Gasteiger partial charge in [0.25, 0.3) is 0 Å². The number of hydrogen-bond donors (Lipinski definition) is 2. The highest BCUT2D eigenvalue weighted by Gasteiger charge is 2.19. The molecule has 2 heterocycles. The summed E-state index contributed by atoms with van der Waals surface area (Å²) in [6, 6.07) is 18.8. The number of ether oxygens (including phenoxy) is 2. The van der Waals surface area contributed by atoms with Crippen LogP contribution < -0.4 is 10.1 Å². The number of carbonyl (C=O) groups is 1. The molecule has 1 aliphatic rings. The van der Waals surface area contributed by atoms with E-state index in [-0.39, 0.29) is 11.5 Å². The smallest absolute Gasteiger partial charge is 0.336 e. The van der Waals surface area contributed by atoms with E-state index in [0.717, 1.165) is 47.6 Å². The first-order valence-corrected chi connectivity index (χ1v) is 13.1. The lowest BCUT2D eigenvalue weighted by Gasteiger charge is -2.32. The Morgan fingerprint density at radius 1 is 1.13 bits per heavy atom. The summed E-state index contributed by atoms with van der Waals surface area (Å²) >= 11 is 0. The molecule has 0 fully saturated rings. The number of carboxylic acid groups (broad SMARTS) is 1. The Kier molecular flexibility index (Phi) is 8.69. The molecule has 0 aliphatic carbocycles. The van der Waals surface area contributed by atoms with Gasteiger partial charge in [-0.05, 0) is 81.5 Å². The number of benzene rings is 2. The summed E-state index contributed by atoms with van der Waals surface area (Å²) in [5.41, 5.74) is 6.65. The van der Waals surface area contributed by atoms with E-state index in [4.69, 9.17) is 14.5 Å². The molecule has 0 amide bonds. The van der Waals surface area contributed by atoms with Crippen molar-refractivity contribution in [1.82, 2.24) is 9.88 Å². The Morgan fingerprint density at radius 3 is 2.66 bits per heavy atom. The maximum Gasteiger partial charge on any atom is 0.336 e. The maximum atomic E-state index is 11.5. The maximum absolute atomic E-state index is 11.5. The van der Waals surface area contributed by atoms with Crippen LogP contribution in [0.5, 0.6) is 5.75 Å². The van der Waals surface area contributed by atoms with Crippen molar-refractivity contribution in [1.29, 1.82) is 0 Å². The van der Waals surface area contributed by atoms with Crippen molar-refractivity contribution in [2.75, 3.05) is 18.5 Å². The van der Waals surface area contributed by atoms with Crippen LogP contribution in [0.4, 0.5) is 5.82 Å². The fourth-order valence-corrected chi connectivity index (χ4v) is 4.61. The van der Waals surface area contributed by atoms with Crippen molar-refractivity contribution in [2.45, 2.75) is 60.2 Å². The summed E-state index contributed by atoms with van der Waals surface area (Å²) < 4.78 is 11.9. The first-order valence-electron chi connectivity index (χ1n) is 13.1. The van der Waals surface area contributed by atoms with Crippen LogP contribution in [0.2, 0.25) is 0 Å². The molecule has 0 spiro atoms. The summed E-state index contributed by atoms with van der Waals surface area (Å²) in [4.78, 5) is 18.7. The van der Waals surface area contributed by atoms with Gasteiger partial charge in [-0.15, -0.1) is 0 Å². The van der Waals surface area contributed by atoms with Gasteiger partial charge in [0.05, 0.1) is 17.9 Å². The van der Waals surface area contributed by atoms with Crippen LogP contribution in [0.15, 0.2) is 66.1 Å². The van der Waals surface area contributed by atoms with Gasteiger partial charge < -0.3 is 19.9 Å². The van der Waals surface area contributed by atoms with Crippen LogP contribution in [-0.2, 0) is 29.1 Å². The third kappa shape index (κ3) is 6.34. The topological polar surface area (TPSA) is 83.9 Å². The first-order chi connectivity index (χ1) is 18.3. The molecule has 0 unspecified atom stereocenters. The van der Waals surface area contributed by atoms with Crippen molar-refractivity contribution >= 4 is 11.8 Å². The predicted octanol–water partition coefficient (Wildman–Crippen LogP) is 6.17. The molecule has 2 N–H and O–H groups in total. The number of anilines is 1. The zero-order chi connectivity index (χ0) is 27.2. The summed E-state index contributed by atoms with van der Waals surface area (Å²) in [6.45, 7) is 12.7. The summed E-state index contributed by atoms with van der Waals surface area (Å²) in [7, 11) is 0. The number of nitrogens with one attached hydrogen (secondary N) is 1. The molecule has 0 bridgehead atoms. The Balaban J connectivity index is 1.55. The number of hydrogen-bond acceptors (Lipinski definition) is 6. The zero-order valence-corrected chi connectivity index (χ0v) is 22.9. The average Bonchev–Trinajstić information content (AvgIpc) is 2.91. The third-order valence-electron chi connectivity index (χ3n) is 6.85. The van der Waals surface area contributed by atoms with Crippen molar-refractivity contribution in [3.63, 3.8) is 0 Å². The number of aliphatic carboxylic acids is 1. The van der Waals surface area contributed by atoms with Gasteiger partial charge in [0, 0.05) is 24.7 Å². The second kappa shape index (κ2) is 12.1. The molecule has 0 saturated heterocycles. The quantitative estimate of drug-likeness (QED) is 0.247. The standard InChI is InChI=1S/C31H37N3O4/c1-6-37-30(22(5)31(35)36)33-28-12-8-11-27(32-28)26-10-7-9-21(4)29(26)38-19-23-13-14-25-18-34(20(2)3)16-15-24(25)17-23/h7-14,17,20H,6,15-16,18-19H2,1-5H3,(H,32,33)(H,35,36)/b30-22-. The molecule has 38 heavy (non-hydrogen) atoms. The highest BCUT2D eigenvalue weighted by molar-refractivity contribution is 5.87. The molecule has 200 valence electrons. The normalized spacial score (nSPS) is 14.1. The largest absolute Gasteiger partial charge is 0.488 e. The van der Waals surface area contributed by atoms with Crippen molar-refractivity contribution in [3.8, 4) is 17.0 Å². The molecule has 0 radical (unpaired) electrons. The molecule has 1 aromatic heterocycles. The zero-order valence-electron chi connectivity index (χ0n) is 22.9. The van der Waals surface area contributed by atoms with E-state index >= 15 is 0 Å². The van der Waals surface area contributed by atoms with Gasteiger partial charge in [-0.2, -0.15) is 0 Å². The number of fused-ring (bicyclic) bond motifs is 1. The number of nitrogens with zero attached hydrogens (tertiary/aromatic N) is 2. The minimum Gasteiger partial charge on any atom is -0.488 e. The van der Waals surface area contributed by atoms with Gasteiger partial charge >= 0.3 is 5.97 Å². The number of pyridine rings is 1. The van der Waals surface area contributed by atoms with E-state index in [0.29, 0.717) is 25.1 Å². The van der Waals surface area contributed by atoms with Crippen LogP contribution >= 0.6 is 0 Å². The lowest BCUT2D eigenvalue weighted by atomic mass is 9.96.